The molecule has 3 nitrogen and oxygen atoms in total. The summed E-state index contributed by atoms with van der Waals surface area (Å²) in [6, 6.07) is 13.0. The van der Waals surface area contributed by atoms with Gasteiger partial charge in [0.1, 0.15) is 0 Å². The smallest absolute Gasteiger partial charge is 0.165 e. The van der Waals surface area contributed by atoms with Gasteiger partial charge < -0.3 is 9.13 Å². The van der Waals surface area contributed by atoms with Crippen molar-refractivity contribution >= 4 is 16.7 Å². The Kier molecular flexibility index (Phi) is 5.18. The zero-order chi connectivity index (χ0) is 19.8. The van der Waals surface area contributed by atoms with Crippen LogP contribution in [0.3, 0.4) is 0 Å². The van der Waals surface area contributed by atoms with E-state index >= 15 is 0 Å². The molecule has 1 aliphatic rings. The Balaban J connectivity index is 1.92. The van der Waals surface area contributed by atoms with Crippen LogP contribution < -0.4 is 0 Å². The summed E-state index contributed by atoms with van der Waals surface area (Å²) < 4.78 is 4.94. The lowest BCUT2D eigenvalue weighted by molar-refractivity contribution is 0.0930. The van der Waals surface area contributed by atoms with E-state index in [1.165, 1.54) is 22.6 Å². The number of para-hydroxylation sites is 1. The second kappa shape index (κ2) is 7.62. The fourth-order valence-corrected chi connectivity index (χ4v) is 5.32. The van der Waals surface area contributed by atoms with Crippen molar-refractivity contribution in [3.63, 3.8) is 0 Å². The maximum Gasteiger partial charge on any atom is 0.165 e. The van der Waals surface area contributed by atoms with E-state index in [-0.39, 0.29) is 0 Å². The molecular weight excluding hydrogens is 344 g/mol. The molecule has 2 heterocycles. The van der Waals surface area contributed by atoms with Gasteiger partial charge in [0, 0.05) is 59.0 Å². The van der Waals surface area contributed by atoms with Crippen molar-refractivity contribution in [2.24, 2.45) is 5.92 Å². The maximum atomic E-state index is 13.2. The fourth-order valence-electron chi connectivity index (χ4n) is 5.32. The molecule has 0 saturated heterocycles. The lowest BCUT2D eigenvalue weighted by Gasteiger charge is -2.33. The molecule has 2 atom stereocenters. The van der Waals surface area contributed by atoms with Crippen LogP contribution in [0.1, 0.15) is 73.9 Å². The largest absolute Gasteiger partial charge is 0.348 e. The molecule has 0 N–H and O–H groups in total. The summed E-state index contributed by atoms with van der Waals surface area (Å²) >= 11 is 0. The monoisotopic (exact) mass is 376 g/mol. The highest BCUT2D eigenvalue weighted by Gasteiger charge is 2.38. The minimum Gasteiger partial charge on any atom is -0.348 e. The molecule has 0 spiro atoms. The first-order valence-corrected chi connectivity index (χ1v) is 11.0. The number of Topliss-reactive ketones (excluding diaryl/α,β-unsaturated/α-hetero) is 1. The van der Waals surface area contributed by atoms with Crippen molar-refractivity contribution in [2.45, 2.75) is 72.4 Å². The first-order valence-electron chi connectivity index (χ1n) is 11.0. The zero-order valence-corrected chi connectivity index (χ0v) is 17.7. The fraction of sp³-hybridized carbons (Fsp3) is 0.480. The molecule has 0 amide bonds. The number of ketones is 1. The predicted molar refractivity (Wildman–Crippen MR) is 116 cm³/mol. The quantitative estimate of drug-likeness (QED) is 0.519. The number of benzene rings is 1. The molecule has 1 aliphatic carbocycles. The maximum absolute atomic E-state index is 13.2. The van der Waals surface area contributed by atoms with Crippen molar-refractivity contribution in [3.05, 3.63) is 59.0 Å². The Morgan fingerprint density at radius 2 is 1.61 bits per heavy atom. The van der Waals surface area contributed by atoms with Gasteiger partial charge in [-0.1, -0.05) is 45.4 Å². The number of aryl methyl sites for hydroxylation is 3. The van der Waals surface area contributed by atoms with E-state index in [0.717, 1.165) is 43.3 Å². The summed E-state index contributed by atoms with van der Waals surface area (Å²) in [5.74, 6) is 1.12. The number of rotatable bonds is 6. The molecule has 0 fully saturated rings. The van der Waals surface area contributed by atoms with Crippen LogP contribution in [0.4, 0.5) is 0 Å². The summed E-state index contributed by atoms with van der Waals surface area (Å²) in [7, 11) is 0. The van der Waals surface area contributed by atoms with Gasteiger partial charge in [-0.05, 0) is 43.9 Å². The SMILES string of the molecule is CCc1ccc(CC)n1CC1c2c(c3ccccc3n2CC)C(=O)CC1CC. The summed E-state index contributed by atoms with van der Waals surface area (Å²) in [4.78, 5) is 13.2. The van der Waals surface area contributed by atoms with Crippen molar-refractivity contribution in [2.75, 3.05) is 0 Å². The Morgan fingerprint density at radius 3 is 2.21 bits per heavy atom. The van der Waals surface area contributed by atoms with Gasteiger partial charge in [-0.2, -0.15) is 0 Å². The summed E-state index contributed by atoms with van der Waals surface area (Å²) in [5, 5.41) is 1.14. The average Bonchev–Trinajstić information content (AvgIpc) is 3.27. The van der Waals surface area contributed by atoms with Crippen molar-refractivity contribution in [1.29, 1.82) is 0 Å². The molecule has 28 heavy (non-hydrogen) atoms. The van der Waals surface area contributed by atoms with E-state index in [9.17, 15) is 4.79 Å². The van der Waals surface area contributed by atoms with Gasteiger partial charge in [-0.15, -0.1) is 0 Å². The van der Waals surface area contributed by atoms with Crippen LogP contribution in [0.15, 0.2) is 36.4 Å². The normalized spacial score (nSPS) is 19.4. The topological polar surface area (TPSA) is 26.9 Å². The Bertz CT molecular complexity index is 986. The van der Waals surface area contributed by atoms with Gasteiger partial charge in [0.2, 0.25) is 0 Å². The van der Waals surface area contributed by atoms with Crippen LogP contribution in [0.25, 0.3) is 10.9 Å². The highest BCUT2D eigenvalue weighted by atomic mass is 16.1. The third kappa shape index (κ3) is 2.83. The molecular formula is C25H32N2O. The van der Waals surface area contributed by atoms with Gasteiger partial charge in [0.05, 0.1) is 0 Å². The van der Waals surface area contributed by atoms with Crippen LogP contribution in [0.5, 0.6) is 0 Å². The number of carbonyl (C=O) groups is 1. The van der Waals surface area contributed by atoms with E-state index in [1.807, 2.05) is 0 Å². The number of hydrogen-bond donors (Lipinski definition) is 0. The number of nitrogens with zero attached hydrogens (tertiary/aromatic N) is 2. The van der Waals surface area contributed by atoms with Crippen LogP contribution >= 0.6 is 0 Å². The van der Waals surface area contributed by atoms with Gasteiger partial charge >= 0.3 is 0 Å². The first-order chi connectivity index (χ1) is 13.6. The van der Waals surface area contributed by atoms with Gasteiger partial charge in [-0.3, -0.25) is 4.79 Å². The lowest BCUT2D eigenvalue weighted by atomic mass is 9.75. The molecule has 4 rings (SSSR count). The number of hydrogen-bond acceptors (Lipinski definition) is 1. The minimum absolute atomic E-state index is 0.334. The van der Waals surface area contributed by atoms with Crippen LogP contribution in [-0.4, -0.2) is 14.9 Å². The van der Waals surface area contributed by atoms with Crippen molar-refractivity contribution in [1.82, 2.24) is 9.13 Å². The molecule has 2 unspecified atom stereocenters. The van der Waals surface area contributed by atoms with Gasteiger partial charge in [0.15, 0.2) is 5.78 Å². The average molecular weight is 377 g/mol. The van der Waals surface area contributed by atoms with Crippen LogP contribution in [0, 0.1) is 5.92 Å². The summed E-state index contributed by atoms with van der Waals surface area (Å²) in [6.07, 6.45) is 3.82. The number of aromatic nitrogens is 2. The number of carbonyl (C=O) groups excluding carboxylic acids is 1. The molecule has 3 heteroatoms. The van der Waals surface area contributed by atoms with Gasteiger partial charge in [0.25, 0.3) is 0 Å². The first kappa shape index (κ1) is 19.0. The van der Waals surface area contributed by atoms with E-state index in [4.69, 9.17) is 0 Å². The van der Waals surface area contributed by atoms with E-state index in [0.29, 0.717) is 24.0 Å². The lowest BCUT2D eigenvalue weighted by Crippen LogP contribution is -2.30. The molecule has 0 radical (unpaired) electrons. The Labute approximate surface area is 168 Å². The Morgan fingerprint density at radius 1 is 0.929 bits per heavy atom. The molecule has 0 bridgehead atoms. The highest BCUT2D eigenvalue weighted by Crippen LogP contribution is 2.44. The zero-order valence-electron chi connectivity index (χ0n) is 17.7. The van der Waals surface area contributed by atoms with E-state index in [1.54, 1.807) is 0 Å². The standard InChI is InChI=1S/C25H32N2O/c1-5-17-15-23(28)24-20-11-9-10-12-22(20)26(8-4)25(24)21(17)16-27-18(6-2)13-14-19(27)7-3/h9-14,17,21H,5-8,15-16H2,1-4H3. The molecule has 0 aliphatic heterocycles. The van der Waals surface area contributed by atoms with E-state index < -0.39 is 0 Å². The van der Waals surface area contributed by atoms with Crippen LogP contribution in [-0.2, 0) is 25.9 Å². The van der Waals surface area contributed by atoms with Gasteiger partial charge in [-0.25, -0.2) is 0 Å². The highest BCUT2D eigenvalue weighted by molar-refractivity contribution is 6.10. The Hall–Kier alpha value is -2.29. The molecule has 3 aromatic rings. The van der Waals surface area contributed by atoms with Crippen molar-refractivity contribution < 1.29 is 4.79 Å². The summed E-state index contributed by atoms with van der Waals surface area (Å²) in [6.45, 7) is 10.8. The molecule has 1 aromatic carbocycles. The summed E-state index contributed by atoms with van der Waals surface area (Å²) in [5.41, 5.74) is 6.30. The molecule has 0 saturated carbocycles. The van der Waals surface area contributed by atoms with Crippen LogP contribution in [0.2, 0.25) is 0 Å². The second-order valence-electron chi connectivity index (χ2n) is 8.06. The minimum atomic E-state index is 0.334. The molecule has 148 valence electrons. The third-order valence-corrected chi connectivity index (χ3v) is 6.76. The third-order valence-electron chi connectivity index (χ3n) is 6.76. The van der Waals surface area contributed by atoms with E-state index in [2.05, 4.69) is 73.2 Å². The van der Waals surface area contributed by atoms with Crippen molar-refractivity contribution in [3.8, 4) is 0 Å². The molecule has 2 aromatic heterocycles. The number of fused-ring (bicyclic) bond motifs is 3. The second-order valence-corrected chi connectivity index (χ2v) is 8.06. The predicted octanol–water partition coefficient (Wildman–Crippen LogP) is 5.98.